The van der Waals surface area contributed by atoms with Gasteiger partial charge in [-0.2, -0.15) is 10.2 Å². The summed E-state index contributed by atoms with van der Waals surface area (Å²) in [5.41, 5.74) is 4.80. The molecule has 5 rings (SSSR count). The van der Waals surface area contributed by atoms with Crippen LogP contribution in [0.5, 0.6) is 11.6 Å². The van der Waals surface area contributed by atoms with Crippen LogP contribution in [0.4, 0.5) is 5.95 Å². The lowest BCUT2D eigenvalue weighted by Gasteiger charge is -2.32. The SMILES string of the molecule is Cc1cc(C#N)cc(C)c1Oc1nc(NC2CCN(Cc3ccc(S(N)(=O)=O)cc3)CC2)ncc1-c1ccoc1. The number of likely N-dealkylation sites (tertiary alicyclic amines) is 1. The maximum atomic E-state index is 11.5. The highest BCUT2D eigenvalue weighted by Gasteiger charge is 2.22. The van der Waals surface area contributed by atoms with Gasteiger partial charge in [-0.1, -0.05) is 12.1 Å². The van der Waals surface area contributed by atoms with Gasteiger partial charge in [0.1, 0.15) is 5.75 Å². The van der Waals surface area contributed by atoms with E-state index < -0.39 is 10.0 Å². The molecule has 0 bridgehead atoms. The summed E-state index contributed by atoms with van der Waals surface area (Å²) in [7, 11) is -3.69. The predicted octanol–water partition coefficient (Wildman–Crippen LogP) is 4.74. The van der Waals surface area contributed by atoms with Crippen LogP contribution < -0.4 is 15.2 Å². The average Bonchev–Trinajstić information content (AvgIpc) is 3.46. The van der Waals surface area contributed by atoms with E-state index >= 15 is 0 Å². The summed E-state index contributed by atoms with van der Waals surface area (Å²) in [6.07, 6.45) is 6.73. The van der Waals surface area contributed by atoms with Gasteiger partial charge in [0.05, 0.1) is 34.6 Å². The first-order valence-electron chi connectivity index (χ1n) is 12.9. The Labute approximate surface area is 233 Å². The molecule has 0 amide bonds. The molecule has 206 valence electrons. The molecule has 4 aromatic rings. The van der Waals surface area contributed by atoms with E-state index in [2.05, 4.69) is 21.3 Å². The highest BCUT2D eigenvalue weighted by atomic mass is 32.2. The van der Waals surface area contributed by atoms with E-state index in [1.807, 2.05) is 19.9 Å². The Balaban J connectivity index is 1.27. The number of benzene rings is 2. The molecule has 3 heterocycles. The molecule has 1 aliphatic rings. The normalized spacial score (nSPS) is 14.6. The molecule has 1 saturated heterocycles. The van der Waals surface area contributed by atoms with Gasteiger partial charge in [0.2, 0.25) is 21.9 Å². The van der Waals surface area contributed by atoms with E-state index in [9.17, 15) is 13.7 Å². The lowest BCUT2D eigenvalue weighted by Crippen LogP contribution is -2.39. The molecular formula is C29H30N6O4S. The molecular weight excluding hydrogens is 528 g/mol. The summed E-state index contributed by atoms with van der Waals surface area (Å²) in [5.74, 6) is 1.53. The molecule has 1 fully saturated rings. The van der Waals surface area contributed by atoms with Gasteiger partial charge in [0.15, 0.2) is 0 Å². The molecule has 0 atom stereocenters. The van der Waals surface area contributed by atoms with Gasteiger partial charge in [-0.3, -0.25) is 4.90 Å². The number of hydrogen-bond donors (Lipinski definition) is 2. The zero-order valence-corrected chi connectivity index (χ0v) is 23.1. The second-order valence-electron chi connectivity index (χ2n) is 9.96. The monoisotopic (exact) mass is 558 g/mol. The van der Waals surface area contributed by atoms with Crippen LogP contribution in [0.1, 0.15) is 35.1 Å². The third-order valence-electron chi connectivity index (χ3n) is 6.95. The highest BCUT2D eigenvalue weighted by molar-refractivity contribution is 7.89. The fraction of sp³-hybridized carbons (Fsp3) is 0.276. The summed E-state index contributed by atoms with van der Waals surface area (Å²) >= 11 is 0. The lowest BCUT2D eigenvalue weighted by molar-refractivity contribution is 0.211. The number of nitrogens with one attached hydrogen (secondary N) is 1. The van der Waals surface area contributed by atoms with Gasteiger partial charge in [0.25, 0.3) is 0 Å². The average molecular weight is 559 g/mol. The smallest absolute Gasteiger partial charge is 0.238 e. The van der Waals surface area contributed by atoms with E-state index in [-0.39, 0.29) is 10.9 Å². The molecule has 2 aromatic heterocycles. The van der Waals surface area contributed by atoms with E-state index in [4.69, 9.17) is 19.3 Å². The Hall–Kier alpha value is -4.24. The van der Waals surface area contributed by atoms with Gasteiger partial charge < -0.3 is 14.5 Å². The molecule has 1 aliphatic heterocycles. The third kappa shape index (κ3) is 6.31. The summed E-state index contributed by atoms with van der Waals surface area (Å²) in [4.78, 5) is 11.7. The van der Waals surface area contributed by atoms with Crippen LogP contribution in [0.15, 0.2) is 70.5 Å². The zero-order valence-electron chi connectivity index (χ0n) is 22.3. The van der Waals surface area contributed by atoms with Crippen LogP contribution >= 0.6 is 0 Å². The number of nitriles is 1. The van der Waals surface area contributed by atoms with Crippen molar-refractivity contribution in [3.63, 3.8) is 0 Å². The van der Waals surface area contributed by atoms with Crippen molar-refractivity contribution >= 4 is 16.0 Å². The molecule has 10 nitrogen and oxygen atoms in total. The van der Waals surface area contributed by atoms with E-state index in [1.165, 1.54) is 0 Å². The Morgan fingerprint density at radius 3 is 2.45 bits per heavy atom. The Morgan fingerprint density at radius 1 is 1.15 bits per heavy atom. The minimum atomic E-state index is -3.69. The first kappa shape index (κ1) is 27.3. The topological polar surface area (TPSA) is 147 Å². The number of piperidine rings is 1. The first-order chi connectivity index (χ1) is 19.2. The molecule has 0 radical (unpaired) electrons. The van der Waals surface area contributed by atoms with Crippen molar-refractivity contribution in [1.29, 1.82) is 5.26 Å². The quantitative estimate of drug-likeness (QED) is 0.313. The number of anilines is 1. The van der Waals surface area contributed by atoms with Crippen molar-refractivity contribution in [2.45, 2.75) is 44.2 Å². The number of hydrogen-bond acceptors (Lipinski definition) is 9. The maximum Gasteiger partial charge on any atom is 0.238 e. The summed E-state index contributed by atoms with van der Waals surface area (Å²) in [6.45, 7) is 6.28. The largest absolute Gasteiger partial charge is 0.472 e. The van der Waals surface area contributed by atoms with Crippen molar-refractivity contribution in [2.75, 3.05) is 18.4 Å². The van der Waals surface area contributed by atoms with Crippen LogP contribution in [0.2, 0.25) is 0 Å². The third-order valence-corrected chi connectivity index (χ3v) is 7.88. The lowest BCUT2D eigenvalue weighted by atomic mass is 10.0. The summed E-state index contributed by atoms with van der Waals surface area (Å²) < 4.78 is 34.6. The fourth-order valence-corrected chi connectivity index (χ4v) is 5.38. The molecule has 2 aromatic carbocycles. The van der Waals surface area contributed by atoms with Crippen molar-refractivity contribution in [3.05, 3.63) is 83.4 Å². The Morgan fingerprint density at radius 2 is 1.85 bits per heavy atom. The number of nitrogens with zero attached hydrogens (tertiary/aromatic N) is 4. The summed E-state index contributed by atoms with van der Waals surface area (Å²) in [5, 5.41) is 18.0. The number of aryl methyl sites for hydroxylation is 2. The van der Waals surface area contributed by atoms with Gasteiger partial charge in [-0.15, -0.1) is 0 Å². The molecule has 40 heavy (non-hydrogen) atoms. The van der Waals surface area contributed by atoms with Crippen LogP contribution in [-0.4, -0.2) is 42.4 Å². The number of furan rings is 1. The van der Waals surface area contributed by atoms with Gasteiger partial charge in [-0.05, 0) is 73.7 Å². The van der Waals surface area contributed by atoms with E-state index in [0.29, 0.717) is 28.7 Å². The molecule has 0 aliphatic carbocycles. The number of nitrogens with two attached hydrogens (primary N) is 1. The maximum absolute atomic E-state index is 11.5. The van der Waals surface area contributed by atoms with E-state index in [0.717, 1.165) is 54.7 Å². The first-order valence-corrected chi connectivity index (χ1v) is 14.4. The van der Waals surface area contributed by atoms with Crippen molar-refractivity contribution in [3.8, 4) is 28.8 Å². The summed E-state index contributed by atoms with van der Waals surface area (Å²) in [6, 6.07) is 14.5. The van der Waals surface area contributed by atoms with Crippen LogP contribution in [0.25, 0.3) is 11.1 Å². The fourth-order valence-electron chi connectivity index (χ4n) is 4.86. The van der Waals surface area contributed by atoms with Crippen LogP contribution in [-0.2, 0) is 16.6 Å². The van der Waals surface area contributed by atoms with Gasteiger partial charge >= 0.3 is 0 Å². The minimum absolute atomic E-state index is 0.116. The molecule has 0 unspecified atom stereocenters. The van der Waals surface area contributed by atoms with Crippen LogP contribution in [0.3, 0.4) is 0 Å². The highest BCUT2D eigenvalue weighted by Crippen LogP contribution is 2.36. The molecule has 11 heteroatoms. The number of sulfonamides is 1. The minimum Gasteiger partial charge on any atom is -0.472 e. The molecule has 0 spiro atoms. The number of primary sulfonamides is 1. The second-order valence-corrected chi connectivity index (χ2v) is 11.5. The predicted molar refractivity (Wildman–Crippen MR) is 150 cm³/mol. The molecule has 0 saturated carbocycles. The Kier molecular flexibility index (Phi) is 7.84. The standard InChI is InChI=1S/C29H30N6O4S/c1-19-13-22(15-30)14-20(2)27(19)39-28-26(23-9-12-38-18-23)16-32-29(34-28)33-24-7-10-35(11-8-24)17-21-3-5-25(6-4-21)40(31,36)37/h3-6,9,12-14,16,18,24H,7-8,10-11,17H2,1-2H3,(H2,31,36,37)(H,32,33,34). The van der Waals surface area contributed by atoms with Crippen molar-refractivity contribution < 1.29 is 17.6 Å². The number of aromatic nitrogens is 2. The van der Waals surface area contributed by atoms with Crippen molar-refractivity contribution in [1.82, 2.24) is 14.9 Å². The second kappa shape index (κ2) is 11.5. The number of ether oxygens (including phenoxy) is 1. The molecule has 3 N–H and O–H groups in total. The van der Waals surface area contributed by atoms with Crippen molar-refractivity contribution in [2.24, 2.45) is 5.14 Å². The van der Waals surface area contributed by atoms with E-state index in [1.54, 1.807) is 55.1 Å². The van der Waals surface area contributed by atoms with Crippen LogP contribution in [0, 0.1) is 25.2 Å². The Bertz CT molecular complexity index is 1620. The number of rotatable bonds is 8. The van der Waals surface area contributed by atoms with Gasteiger partial charge in [0, 0.05) is 37.4 Å². The zero-order chi connectivity index (χ0) is 28.3. The van der Waals surface area contributed by atoms with Gasteiger partial charge in [-0.25, -0.2) is 18.5 Å².